The van der Waals surface area contributed by atoms with Gasteiger partial charge in [0, 0.05) is 29.5 Å². The highest BCUT2D eigenvalue weighted by molar-refractivity contribution is 6.31. The fourth-order valence-corrected chi connectivity index (χ4v) is 3.29. The molecule has 1 fully saturated rings. The molecule has 0 saturated carbocycles. The number of hydrogen-bond donors (Lipinski definition) is 0. The summed E-state index contributed by atoms with van der Waals surface area (Å²) in [4.78, 5) is 13.4. The number of benzene rings is 1. The molecule has 0 radical (unpaired) electrons. The molecule has 0 amide bonds. The number of hydrogen-bond acceptors (Lipinski definition) is 5. The first-order valence-corrected chi connectivity index (χ1v) is 7.75. The van der Waals surface area contributed by atoms with Crippen molar-refractivity contribution in [2.24, 2.45) is 0 Å². The summed E-state index contributed by atoms with van der Waals surface area (Å²) in [6.07, 6.45) is 2.74. The van der Waals surface area contributed by atoms with Gasteiger partial charge in [0.25, 0.3) is 0 Å². The summed E-state index contributed by atoms with van der Waals surface area (Å²) in [7, 11) is 4.24. The Bertz CT molecular complexity index is 845. The third kappa shape index (κ3) is 2.12. The number of fused-ring (bicyclic) bond motifs is 3. The molecule has 5 nitrogen and oxygen atoms in total. The minimum absolute atomic E-state index is 0.545. The normalized spacial score (nSPS) is 18.9. The number of nitrogens with zero attached hydrogens (tertiary/aromatic N) is 4. The van der Waals surface area contributed by atoms with Gasteiger partial charge >= 0.3 is 0 Å². The van der Waals surface area contributed by atoms with Gasteiger partial charge in [-0.3, -0.25) is 0 Å². The van der Waals surface area contributed by atoms with E-state index in [-0.39, 0.29) is 0 Å². The highest BCUT2D eigenvalue weighted by atomic mass is 35.5. The van der Waals surface area contributed by atoms with Crippen LogP contribution in [0.4, 0.5) is 5.82 Å². The second-order valence-corrected chi connectivity index (χ2v) is 6.41. The molecule has 1 aliphatic heterocycles. The van der Waals surface area contributed by atoms with Crippen molar-refractivity contribution in [3.05, 3.63) is 29.5 Å². The quantitative estimate of drug-likeness (QED) is 0.726. The highest BCUT2D eigenvalue weighted by Crippen LogP contribution is 2.34. The Morgan fingerprint density at radius 3 is 2.95 bits per heavy atom. The van der Waals surface area contributed by atoms with Crippen LogP contribution in [-0.4, -0.2) is 48.1 Å². The van der Waals surface area contributed by atoms with E-state index in [1.807, 2.05) is 18.2 Å². The molecular formula is C16H17ClN4O. The van der Waals surface area contributed by atoms with Crippen LogP contribution >= 0.6 is 11.6 Å². The van der Waals surface area contributed by atoms with E-state index in [2.05, 4.69) is 33.9 Å². The van der Waals surface area contributed by atoms with Crippen molar-refractivity contribution < 1.29 is 4.42 Å². The topological polar surface area (TPSA) is 45.4 Å². The maximum atomic E-state index is 6.10. The van der Waals surface area contributed by atoms with Crippen LogP contribution in [0.3, 0.4) is 0 Å². The molecule has 0 unspecified atom stereocenters. The van der Waals surface area contributed by atoms with E-state index < -0.39 is 0 Å². The van der Waals surface area contributed by atoms with Gasteiger partial charge in [0.2, 0.25) is 0 Å². The van der Waals surface area contributed by atoms with E-state index in [4.69, 9.17) is 16.0 Å². The predicted molar refractivity (Wildman–Crippen MR) is 88.6 cm³/mol. The molecular weight excluding hydrogens is 300 g/mol. The lowest BCUT2D eigenvalue weighted by Crippen LogP contribution is -2.31. The van der Waals surface area contributed by atoms with Gasteiger partial charge in [-0.05, 0) is 38.7 Å². The molecule has 114 valence electrons. The third-order valence-electron chi connectivity index (χ3n) is 4.39. The Kier molecular flexibility index (Phi) is 3.20. The summed E-state index contributed by atoms with van der Waals surface area (Å²) in [5.41, 5.74) is 2.37. The zero-order valence-electron chi connectivity index (χ0n) is 12.6. The van der Waals surface area contributed by atoms with Gasteiger partial charge in [0.05, 0.1) is 0 Å². The number of anilines is 1. The summed E-state index contributed by atoms with van der Waals surface area (Å²) < 4.78 is 6.01. The van der Waals surface area contributed by atoms with Crippen LogP contribution < -0.4 is 4.90 Å². The van der Waals surface area contributed by atoms with E-state index in [0.29, 0.717) is 11.1 Å². The molecule has 1 aromatic carbocycles. The van der Waals surface area contributed by atoms with Crippen LogP contribution in [0.2, 0.25) is 5.02 Å². The minimum atomic E-state index is 0.545. The molecule has 1 atom stereocenters. The van der Waals surface area contributed by atoms with E-state index >= 15 is 0 Å². The lowest BCUT2D eigenvalue weighted by atomic mass is 10.2. The summed E-state index contributed by atoms with van der Waals surface area (Å²) in [6, 6.07) is 6.16. The van der Waals surface area contributed by atoms with E-state index in [9.17, 15) is 0 Å². The molecule has 6 heteroatoms. The summed E-state index contributed by atoms with van der Waals surface area (Å²) in [5, 5.41) is 1.62. The maximum absolute atomic E-state index is 6.10. The number of halogens is 1. The Morgan fingerprint density at radius 2 is 2.18 bits per heavy atom. The number of rotatable bonds is 2. The fourth-order valence-electron chi connectivity index (χ4n) is 3.12. The first-order valence-electron chi connectivity index (χ1n) is 7.37. The zero-order valence-corrected chi connectivity index (χ0v) is 13.3. The Labute approximate surface area is 133 Å². The fraction of sp³-hybridized carbons (Fsp3) is 0.375. The van der Waals surface area contributed by atoms with Crippen molar-refractivity contribution >= 4 is 39.5 Å². The van der Waals surface area contributed by atoms with Gasteiger partial charge < -0.3 is 14.2 Å². The summed E-state index contributed by atoms with van der Waals surface area (Å²) in [5.74, 6) is 0.877. The van der Waals surface area contributed by atoms with Crippen LogP contribution in [0.15, 0.2) is 28.9 Å². The van der Waals surface area contributed by atoms with Gasteiger partial charge in [-0.2, -0.15) is 0 Å². The third-order valence-corrected chi connectivity index (χ3v) is 4.62. The minimum Gasteiger partial charge on any atom is -0.450 e. The molecule has 2 aromatic heterocycles. The maximum Gasteiger partial charge on any atom is 0.196 e. The average Bonchev–Trinajstić information content (AvgIpc) is 3.11. The van der Waals surface area contributed by atoms with Crippen molar-refractivity contribution in [2.45, 2.75) is 12.5 Å². The molecule has 1 saturated heterocycles. The molecule has 0 N–H and O–H groups in total. The SMILES string of the molecule is CN(C)[C@@H]1CCN(c2ncnc3c2oc2ccc(Cl)cc23)C1. The van der Waals surface area contributed by atoms with Gasteiger partial charge in [-0.1, -0.05) is 11.6 Å². The van der Waals surface area contributed by atoms with Gasteiger partial charge in [-0.25, -0.2) is 9.97 Å². The summed E-state index contributed by atoms with van der Waals surface area (Å²) in [6.45, 7) is 1.93. The van der Waals surface area contributed by atoms with Crippen molar-refractivity contribution in [1.29, 1.82) is 0 Å². The van der Waals surface area contributed by atoms with Crippen LogP contribution in [0, 0.1) is 0 Å². The smallest absolute Gasteiger partial charge is 0.196 e. The second kappa shape index (κ2) is 5.11. The van der Waals surface area contributed by atoms with Gasteiger partial charge in [0.15, 0.2) is 11.4 Å². The second-order valence-electron chi connectivity index (χ2n) is 5.97. The van der Waals surface area contributed by atoms with E-state index in [1.165, 1.54) is 0 Å². The first kappa shape index (κ1) is 13.8. The van der Waals surface area contributed by atoms with Gasteiger partial charge in [-0.15, -0.1) is 0 Å². The van der Waals surface area contributed by atoms with Crippen LogP contribution in [0.1, 0.15) is 6.42 Å². The standard InChI is InChI=1S/C16H17ClN4O/c1-20(2)11-5-6-21(8-11)16-15-14(18-9-19-16)12-7-10(17)3-4-13(12)22-15/h3-4,7,9,11H,5-6,8H2,1-2H3/t11-/m1/s1. The molecule has 0 bridgehead atoms. The number of furan rings is 1. The summed E-state index contributed by atoms with van der Waals surface area (Å²) >= 11 is 6.10. The van der Waals surface area contributed by atoms with E-state index in [1.54, 1.807) is 6.33 Å². The Balaban J connectivity index is 1.84. The molecule has 1 aliphatic rings. The highest BCUT2D eigenvalue weighted by Gasteiger charge is 2.27. The van der Waals surface area contributed by atoms with Crippen LogP contribution in [-0.2, 0) is 0 Å². The lowest BCUT2D eigenvalue weighted by molar-refractivity contribution is 0.315. The molecule has 3 heterocycles. The predicted octanol–water partition coefficient (Wildman–Crippen LogP) is 3.17. The largest absolute Gasteiger partial charge is 0.450 e. The van der Waals surface area contributed by atoms with Crippen LogP contribution in [0.25, 0.3) is 22.1 Å². The first-order chi connectivity index (χ1) is 10.6. The lowest BCUT2D eigenvalue weighted by Gasteiger charge is -2.20. The zero-order chi connectivity index (χ0) is 15.3. The van der Waals surface area contributed by atoms with Crippen molar-refractivity contribution in [3.8, 4) is 0 Å². The molecule has 3 aromatic rings. The Morgan fingerprint density at radius 1 is 1.32 bits per heavy atom. The van der Waals surface area contributed by atoms with E-state index in [0.717, 1.165) is 47.4 Å². The molecule has 4 rings (SSSR count). The van der Waals surface area contributed by atoms with Crippen molar-refractivity contribution in [3.63, 3.8) is 0 Å². The number of likely N-dealkylation sites (N-methyl/N-ethyl adjacent to an activating group) is 1. The molecule has 0 aliphatic carbocycles. The van der Waals surface area contributed by atoms with Crippen LogP contribution in [0.5, 0.6) is 0 Å². The monoisotopic (exact) mass is 316 g/mol. The van der Waals surface area contributed by atoms with Crippen molar-refractivity contribution in [1.82, 2.24) is 14.9 Å². The Hall–Kier alpha value is -1.85. The number of aromatic nitrogens is 2. The molecule has 0 spiro atoms. The van der Waals surface area contributed by atoms with Gasteiger partial charge in [0.1, 0.15) is 17.4 Å². The van der Waals surface area contributed by atoms with Crippen molar-refractivity contribution in [2.75, 3.05) is 32.1 Å². The average molecular weight is 317 g/mol. The molecule has 22 heavy (non-hydrogen) atoms.